The Labute approximate surface area is 216 Å². The number of carbonyl (C=O) groups is 1. The standard InChI is InChI=1S/C23H29ClO13/c1-32-11-4-8(2-3-10(11)26)20(30)36-18-9-5-13-33-7-23(31,19(18)24)14(9)21(35-13)37-22-17(29)16(28)15(27)12(6-25)34-22/h2-4,9,12-19,21-22,25-29,31H,5-7H2,1H3/t9-,12-,13-,14?,15-,16+,17-,18+,19-,21+,22+,23-/m1/s1. The second-order valence-corrected chi connectivity index (χ2v) is 10.1. The van der Waals surface area contributed by atoms with E-state index in [1.54, 1.807) is 0 Å². The highest BCUT2D eigenvalue weighted by Crippen LogP contribution is 2.55. The van der Waals surface area contributed by atoms with Crippen molar-refractivity contribution in [2.75, 3.05) is 20.3 Å². The molecule has 5 aliphatic rings. The molecule has 4 saturated heterocycles. The van der Waals surface area contributed by atoms with E-state index in [4.69, 9.17) is 40.0 Å². The molecule has 6 rings (SSSR count). The molecule has 0 spiro atoms. The lowest BCUT2D eigenvalue weighted by molar-refractivity contribution is -0.370. The number of phenolic OH excluding ortho intramolecular Hbond substituents is 1. The molecule has 12 atom stereocenters. The fourth-order valence-corrected chi connectivity index (χ4v) is 6.02. The molecule has 1 aromatic carbocycles. The zero-order chi connectivity index (χ0) is 26.6. The van der Waals surface area contributed by atoms with E-state index in [1.807, 2.05) is 0 Å². The molecule has 5 fully saturated rings. The number of phenols is 1. The third kappa shape index (κ3) is 4.46. The van der Waals surface area contributed by atoms with Gasteiger partial charge < -0.3 is 59.1 Å². The molecule has 6 N–H and O–H groups in total. The minimum Gasteiger partial charge on any atom is -0.504 e. The number of carbonyl (C=O) groups excluding carboxylic acids is 1. The van der Waals surface area contributed by atoms with Crippen molar-refractivity contribution in [3.63, 3.8) is 0 Å². The quantitative estimate of drug-likeness (QED) is 0.176. The largest absolute Gasteiger partial charge is 0.504 e. The summed E-state index contributed by atoms with van der Waals surface area (Å²) in [5.41, 5.74) is -1.68. The van der Waals surface area contributed by atoms with Gasteiger partial charge in [0, 0.05) is 18.3 Å². The van der Waals surface area contributed by atoms with Gasteiger partial charge in [-0.05, 0) is 18.2 Å². The van der Waals surface area contributed by atoms with E-state index in [2.05, 4.69) is 0 Å². The van der Waals surface area contributed by atoms with Crippen molar-refractivity contribution in [1.82, 2.24) is 0 Å². The molecule has 0 aromatic heterocycles. The van der Waals surface area contributed by atoms with Crippen LogP contribution in [-0.2, 0) is 23.7 Å². The van der Waals surface area contributed by atoms with Gasteiger partial charge in [0.25, 0.3) is 0 Å². The van der Waals surface area contributed by atoms with E-state index in [0.717, 1.165) is 0 Å². The first-order valence-electron chi connectivity index (χ1n) is 11.8. The van der Waals surface area contributed by atoms with Crippen LogP contribution in [0.15, 0.2) is 18.2 Å². The molecule has 4 bridgehead atoms. The number of hydrogen-bond donors (Lipinski definition) is 6. The first-order valence-corrected chi connectivity index (χ1v) is 12.2. The minimum atomic E-state index is -1.77. The summed E-state index contributed by atoms with van der Waals surface area (Å²) in [5.74, 6) is -2.32. The molecule has 1 saturated carbocycles. The van der Waals surface area contributed by atoms with Crippen LogP contribution >= 0.6 is 11.6 Å². The summed E-state index contributed by atoms with van der Waals surface area (Å²) in [6.45, 7) is -0.898. The molecule has 0 radical (unpaired) electrons. The third-order valence-electron chi connectivity index (χ3n) is 7.55. The number of halogens is 1. The van der Waals surface area contributed by atoms with Gasteiger partial charge in [0.2, 0.25) is 0 Å². The fraction of sp³-hybridized carbons (Fsp3) is 0.696. The van der Waals surface area contributed by atoms with Crippen LogP contribution in [0.2, 0.25) is 0 Å². The number of rotatable bonds is 6. The summed E-state index contributed by atoms with van der Waals surface area (Å²) >= 11 is 6.66. The molecule has 14 heteroatoms. The topological polar surface area (TPSA) is 194 Å². The third-order valence-corrected chi connectivity index (χ3v) is 8.17. The summed E-state index contributed by atoms with van der Waals surface area (Å²) < 4.78 is 33.5. The van der Waals surface area contributed by atoms with Crippen LogP contribution in [-0.4, -0.2) is 117 Å². The summed E-state index contributed by atoms with van der Waals surface area (Å²) in [6.07, 6.45) is -10.6. The number of aliphatic hydroxyl groups is 5. The Morgan fingerprint density at radius 3 is 2.62 bits per heavy atom. The second-order valence-electron chi connectivity index (χ2n) is 9.65. The van der Waals surface area contributed by atoms with Gasteiger partial charge in [-0.2, -0.15) is 0 Å². The van der Waals surface area contributed by atoms with Crippen molar-refractivity contribution in [3.8, 4) is 11.5 Å². The van der Waals surface area contributed by atoms with Gasteiger partial charge in [-0.15, -0.1) is 11.6 Å². The van der Waals surface area contributed by atoms with Gasteiger partial charge in [-0.25, -0.2) is 4.79 Å². The SMILES string of the molecule is COc1cc(C(=O)O[C@H]2[C@@H]3C[C@@H]4OC[C@@](O)(C3[C@H](O[C@@H]3O[C@H](CO)[C@@H](O)[C@H](O)[C@H]3O)O4)[C@@H]2Cl)ccc1O. The Kier molecular flexibility index (Phi) is 7.30. The zero-order valence-corrected chi connectivity index (χ0v) is 20.4. The lowest BCUT2D eigenvalue weighted by atomic mass is 9.83. The molecule has 37 heavy (non-hydrogen) atoms. The van der Waals surface area contributed by atoms with Gasteiger partial charge in [0.05, 0.1) is 25.9 Å². The fourth-order valence-electron chi connectivity index (χ4n) is 5.57. The molecule has 1 aliphatic carbocycles. The van der Waals surface area contributed by atoms with Crippen molar-refractivity contribution in [1.29, 1.82) is 0 Å². The number of aromatic hydroxyl groups is 1. The lowest BCUT2D eigenvalue weighted by Crippen LogP contribution is -2.61. The van der Waals surface area contributed by atoms with Crippen LogP contribution in [0.4, 0.5) is 0 Å². The van der Waals surface area contributed by atoms with Crippen molar-refractivity contribution < 1.29 is 63.9 Å². The molecular weight excluding hydrogens is 520 g/mol. The zero-order valence-electron chi connectivity index (χ0n) is 19.6. The molecule has 13 nitrogen and oxygen atoms in total. The normalized spacial score (nSPS) is 44.9. The van der Waals surface area contributed by atoms with E-state index in [1.165, 1.54) is 25.3 Å². The number of alkyl halides is 1. The van der Waals surface area contributed by atoms with Crippen LogP contribution in [0.5, 0.6) is 11.5 Å². The Balaban J connectivity index is 1.38. The Bertz CT molecular complexity index is 1010. The van der Waals surface area contributed by atoms with Crippen molar-refractivity contribution in [2.45, 2.75) is 66.8 Å². The maximum Gasteiger partial charge on any atom is 0.338 e. The van der Waals surface area contributed by atoms with Crippen LogP contribution in [0.1, 0.15) is 16.8 Å². The van der Waals surface area contributed by atoms with Gasteiger partial charge in [-0.1, -0.05) is 0 Å². The average molecular weight is 549 g/mol. The van der Waals surface area contributed by atoms with Crippen molar-refractivity contribution in [2.24, 2.45) is 11.8 Å². The Hall–Kier alpha value is -1.78. The van der Waals surface area contributed by atoms with E-state index in [9.17, 15) is 35.4 Å². The predicted molar refractivity (Wildman–Crippen MR) is 120 cm³/mol. The maximum atomic E-state index is 13.0. The first-order chi connectivity index (χ1) is 17.6. The highest BCUT2D eigenvalue weighted by Gasteiger charge is 2.68. The van der Waals surface area contributed by atoms with Crippen LogP contribution in [0, 0.1) is 11.8 Å². The smallest absolute Gasteiger partial charge is 0.338 e. The Morgan fingerprint density at radius 1 is 1.16 bits per heavy atom. The molecule has 4 aliphatic heterocycles. The number of hydrogen-bond acceptors (Lipinski definition) is 13. The number of methoxy groups -OCH3 is 1. The Morgan fingerprint density at radius 2 is 1.92 bits per heavy atom. The van der Waals surface area contributed by atoms with E-state index in [-0.39, 0.29) is 30.1 Å². The van der Waals surface area contributed by atoms with E-state index in [0.29, 0.717) is 0 Å². The number of fused-ring (bicyclic) bond motifs is 2. The number of aliphatic hydroxyl groups excluding tert-OH is 4. The number of esters is 1. The number of benzene rings is 1. The minimum absolute atomic E-state index is 0.0753. The first kappa shape index (κ1) is 26.8. The van der Waals surface area contributed by atoms with Gasteiger partial charge in [-0.3, -0.25) is 0 Å². The van der Waals surface area contributed by atoms with Gasteiger partial charge in [0.1, 0.15) is 41.5 Å². The van der Waals surface area contributed by atoms with E-state index < -0.39 is 84.8 Å². The van der Waals surface area contributed by atoms with Crippen LogP contribution in [0.25, 0.3) is 0 Å². The second kappa shape index (κ2) is 10.1. The molecule has 206 valence electrons. The highest BCUT2D eigenvalue weighted by atomic mass is 35.5. The maximum absolute atomic E-state index is 13.0. The van der Waals surface area contributed by atoms with E-state index >= 15 is 0 Å². The molecule has 1 aromatic rings. The van der Waals surface area contributed by atoms with Crippen LogP contribution in [0.3, 0.4) is 0 Å². The molecule has 1 unspecified atom stereocenters. The lowest BCUT2D eigenvalue weighted by Gasteiger charge is -2.44. The number of ether oxygens (including phenoxy) is 6. The highest BCUT2D eigenvalue weighted by molar-refractivity contribution is 6.22. The monoisotopic (exact) mass is 548 g/mol. The molecule has 4 heterocycles. The predicted octanol–water partition coefficient (Wildman–Crippen LogP) is -1.57. The van der Waals surface area contributed by atoms with Gasteiger partial charge >= 0.3 is 5.97 Å². The summed E-state index contributed by atoms with van der Waals surface area (Å²) in [5, 5.41) is 60.3. The summed E-state index contributed by atoms with van der Waals surface area (Å²) in [7, 11) is 1.34. The van der Waals surface area contributed by atoms with Crippen molar-refractivity contribution in [3.05, 3.63) is 23.8 Å². The van der Waals surface area contributed by atoms with Crippen LogP contribution < -0.4 is 4.74 Å². The van der Waals surface area contributed by atoms with Crippen molar-refractivity contribution >= 4 is 17.6 Å². The average Bonchev–Trinajstić information content (AvgIpc) is 3.00. The molecular formula is C23H29ClO13. The molecule has 0 amide bonds. The summed E-state index contributed by atoms with van der Waals surface area (Å²) in [4.78, 5) is 13.0. The van der Waals surface area contributed by atoms with Gasteiger partial charge in [0.15, 0.2) is 30.4 Å². The summed E-state index contributed by atoms with van der Waals surface area (Å²) in [6, 6.07) is 3.95.